The molecular weight excluding hydrogens is 250 g/mol. The molecule has 0 amide bonds. The number of benzene rings is 1. The lowest BCUT2D eigenvalue weighted by molar-refractivity contribution is 0.267. The number of hydrogen-bond acceptors (Lipinski definition) is 3. The van der Waals surface area contributed by atoms with Crippen LogP contribution in [0.15, 0.2) is 47.4 Å². The van der Waals surface area contributed by atoms with E-state index in [0.717, 1.165) is 0 Å². The second-order valence-electron chi connectivity index (χ2n) is 4.43. The van der Waals surface area contributed by atoms with Crippen LogP contribution in [0.2, 0.25) is 0 Å². The van der Waals surface area contributed by atoms with Crippen LogP contribution in [0.5, 0.6) is 0 Å². The molecule has 0 saturated carbocycles. The zero-order valence-electron chi connectivity index (χ0n) is 9.99. The lowest BCUT2D eigenvalue weighted by atomic mass is 10.1. The normalized spacial score (nSPS) is 23.4. The van der Waals surface area contributed by atoms with Crippen LogP contribution in [0.3, 0.4) is 0 Å². The van der Waals surface area contributed by atoms with Crippen LogP contribution < -0.4 is 4.72 Å². The van der Waals surface area contributed by atoms with Crippen LogP contribution in [0.1, 0.15) is 12.8 Å². The highest BCUT2D eigenvalue weighted by molar-refractivity contribution is 7.89. The third-order valence-electron chi connectivity index (χ3n) is 3.03. The molecule has 0 radical (unpaired) electrons. The third-order valence-corrected chi connectivity index (χ3v) is 4.54. The molecule has 0 spiro atoms. The lowest BCUT2D eigenvalue weighted by Gasteiger charge is -2.13. The van der Waals surface area contributed by atoms with Gasteiger partial charge in [0.05, 0.1) is 4.90 Å². The van der Waals surface area contributed by atoms with E-state index in [4.69, 9.17) is 5.11 Å². The van der Waals surface area contributed by atoms with Crippen molar-refractivity contribution < 1.29 is 13.5 Å². The molecule has 1 aromatic carbocycles. The van der Waals surface area contributed by atoms with Gasteiger partial charge in [0.15, 0.2) is 0 Å². The Morgan fingerprint density at radius 3 is 2.61 bits per heavy atom. The monoisotopic (exact) mass is 267 g/mol. The van der Waals surface area contributed by atoms with Crippen molar-refractivity contribution >= 4 is 10.0 Å². The maximum atomic E-state index is 12.1. The summed E-state index contributed by atoms with van der Waals surface area (Å²) in [6.07, 6.45) is 5.22. The highest BCUT2D eigenvalue weighted by Gasteiger charge is 2.23. The molecule has 2 N–H and O–H groups in total. The van der Waals surface area contributed by atoms with Gasteiger partial charge in [-0.25, -0.2) is 13.1 Å². The van der Waals surface area contributed by atoms with Gasteiger partial charge in [0.25, 0.3) is 0 Å². The van der Waals surface area contributed by atoms with Gasteiger partial charge in [-0.15, -0.1) is 0 Å². The minimum absolute atomic E-state index is 0.132. The van der Waals surface area contributed by atoms with Crippen LogP contribution in [0.25, 0.3) is 0 Å². The molecule has 0 bridgehead atoms. The summed E-state index contributed by atoms with van der Waals surface area (Å²) in [6.45, 7) is 0.132. The molecular formula is C13H17NO3S. The van der Waals surface area contributed by atoms with E-state index in [1.54, 1.807) is 30.3 Å². The van der Waals surface area contributed by atoms with Crippen molar-refractivity contribution in [2.45, 2.75) is 23.8 Å². The number of rotatable bonds is 5. The summed E-state index contributed by atoms with van der Waals surface area (Å²) in [5.41, 5.74) is 0. The Hall–Kier alpha value is -1.17. The molecule has 0 aromatic heterocycles. The van der Waals surface area contributed by atoms with E-state index in [-0.39, 0.29) is 23.5 Å². The second-order valence-corrected chi connectivity index (χ2v) is 6.15. The summed E-state index contributed by atoms with van der Waals surface area (Å²) in [5, 5.41) is 8.85. The summed E-state index contributed by atoms with van der Waals surface area (Å²) in [5.74, 6) is 0.262. The Bertz CT molecular complexity index is 510. The first-order valence-corrected chi connectivity index (χ1v) is 7.47. The molecule has 98 valence electrons. The van der Waals surface area contributed by atoms with Gasteiger partial charge in [-0.3, -0.25) is 0 Å². The van der Waals surface area contributed by atoms with Crippen molar-refractivity contribution in [3.05, 3.63) is 42.5 Å². The van der Waals surface area contributed by atoms with Crippen molar-refractivity contribution in [3.63, 3.8) is 0 Å². The molecule has 0 fully saturated rings. The maximum absolute atomic E-state index is 12.1. The summed E-state index contributed by atoms with van der Waals surface area (Å²) in [4.78, 5) is 0.281. The molecule has 1 aromatic rings. The molecule has 5 heteroatoms. The van der Waals surface area contributed by atoms with E-state index in [1.807, 2.05) is 12.2 Å². The predicted molar refractivity (Wildman–Crippen MR) is 69.5 cm³/mol. The third kappa shape index (κ3) is 3.19. The van der Waals surface area contributed by atoms with Gasteiger partial charge in [0, 0.05) is 12.6 Å². The van der Waals surface area contributed by atoms with E-state index >= 15 is 0 Å². The summed E-state index contributed by atoms with van der Waals surface area (Å²) in [7, 11) is -3.45. The molecule has 0 unspecified atom stereocenters. The Balaban J connectivity index is 2.01. The Kier molecular flexibility index (Phi) is 4.16. The van der Waals surface area contributed by atoms with Gasteiger partial charge in [-0.1, -0.05) is 30.4 Å². The summed E-state index contributed by atoms with van der Waals surface area (Å²) < 4.78 is 26.8. The summed E-state index contributed by atoms with van der Waals surface area (Å²) in [6, 6.07) is 8.16. The molecule has 1 aliphatic carbocycles. The Morgan fingerprint density at radius 2 is 1.94 bits per heavy atom. The van der Waals surface area contributed by atoms with Crippen LogP contribution in [0, 0.1) is 5.92 Å². The maximum Gasteiger partial charge on any atom is 0.241 e. The number of aliphatic hydroxyl groups is 1. The largest absolute Gasteiger partial charge is 0.396 e. The van der Waals surface area contributed by atoms with Gasteiger partial charge in [0.1, 0.15) is 0 Å². The molecule has 4 nitrogen and oxygen atoms in total. The van der Waals surface area contributed by atoms with Gasteiger partial charge >= 0.3 is 0 Å². The van der Waals surface area contributed by atoms with Crippen molar-refractivity contribution in [1.29, 1.82) is 0 Å². The fourth-order valence-corrected chi connectivity index (χ4v) is 3.33. The Labute approximate surface area is 107 Å². The van der Waals surface area contributed by atoms with Crippen LogP contribution >= 0.6 is 0 Å². The smallest absolute Gasteiger partial charge is 0.241 e. The average molecular weight is 267 g/mol. The minimum Gasteiger partial charge on any atom is -0.396 e. The first kappa shape index (κ1) is 13.3. The highest BCUT2D eigenvalue weighted by atomic mass is 32.2. The molecule has 18 heavy (non-hydrogen) atoms. The summed E-state index contributed by atoms with van der Waals surface area (Å²) >= 11 is 0. The highest BCUT2D eigenvalue weighted by Crippen LogP contribution is 2.22. The topological polar surface area (TPSA) is 66.4 Å². The van der Waals surface area contributed by atoms with Crippen molar-refractivity contribution in [1.82, 2.24) is 4.72 Å². The number of aliphatic hydroxyl groups excluding tert-OH is 1. The molecule has 0 saturated heterocycles. The van der Waals surface area contributed by atoms with E-state index < -0.39 is 10.0 Å². The first-order valence-electron chi connectivity index (χ1n) is 5.98. The number of hydrogen-bond donors (Lipinski definition) is 2. The molecule has 2 atom stereocenters. The molecule has 0 heterocycles. The van der Waals surface area contributed by atoms with Gasteiger partial charge in [0.2, 0.25) is 10.0 Å². The molecule has 1 aliphatic rings. The zero-order chi connectivity index (χ0) is 13.0. The standard InChI is InChI=1S/C13H17NO3S/c15-9-8-11-6-7-12(10-11)14-18(16,17)13-4-2-1-3-5-13/h1-7,11-12,14-15H,8-10H2/t11-,12-/m0/s1. The second kappa shape index (κ2) is 5.65. The van der Waals surface area contributed by atoms with Crippen molar-refractivity contribution in [3.8, 4) is 0 Å². The van der Waals surface area contributed by atoms with Crippen molar-refractivity contribution in [2.24, 2.45) is 5.92 Å². The van der Waals surface area contributed by atoms with E-state index in [1.165, 1.54) is 0 Å². The van der Waals surface area contributed by atoms with Crippen LogP contribution in [-0.2, 0) is 10.0 Å². The first-order chi connectivity index (χ1) is 8.62. The average Bonchev–Trinajstić information content (AvgIpc) is 2.77. The number of allylic oxidation sites excluding steroid dienone is 1. The number of nitrogens with one attached hydrogen (secondary N) is 1. The van der Waals surface area contributed by atoms with Crippen LogP contribution in [-0.4, -0.2) is 26.2 Å². The predicted octanol–water partition coefficient (Wildman–Crippen LogP) is 1.29. The fraction of sp³-hybridized carbons (Fsp3) is 0.385. The van der Waals surface area contributed by atoms with Crippen LogP contribution in [0.4, 0.5) is 0 Å². The van der Waals surface area contributed by atoms with E-state index in [0.29, 0.717) is 12.8 Å². The van der Waals surface area contributed by atoms with Gasteiger partial charge in [-0.2, -0.15) is 0 Å². The van der Waals surface area contributed by atoms with Gasteiger partial charge < -0.3 is 5.11 Å². The van der Waals surface area contributed by atoms with E-state index in [9.17, 15) is 8.42 Å². The quantitative estimate of drug-likeness (QED) is 0.790. The SMILES string of the molecule is O=S(=O)(N[C@H]1C=C[C@@H](CCO)C1)c1ccccc1. The molecule has 0 aliphatic heterocycles. The minimum atomic E-state index is -3.45. The number of sulfonamides is 1. The molecule has 2 rings (SSSR count). The Morgan fingerprint density at radius 1 is 1.22 bits per heavy atom. The van der Waals surface area contributed by atoms with Crippen molar-refractivity contribution in [2.75, 3.05) is 6.61 Å². The lowest BCUT2D eigenvalue weighted by Crippen LogP contribution is -2.32. The zero-order valence-corrected chi connectivity index (χ0v) is 10.8. The van der Waals surface area contributed by atoms with E-state index in [2.05, 4.69) is 4.72 Å². The fourth-order valence-electron chi connectivity index (χ4n) is 2.11. The van der Waals surface area contributed by atoms with Gasteiger partial charge in [-0.05, 0) is 30.9 Å².